The lowest BCUT2D eigenvalue weighted by Gasteiger charge is -2.15. The number of hydrogen-bond donors (Lipinski definition) is 0. The second kappa shape index (κ2) is 6.08. The predicted molar refractivity (Wildman–Crippen MR) is 90.2 cm³/mol. The average molecular weight is 316 g/mol. The van der Waals surface area contributed by atoms with Crippen molar-refractivity contribution < 1.29 is 0 Å². The molecule has 0 unspecified atom stereocenters. The average Bonchev–Trinajstić information content (AvgIpc) is 3.34. The zero-order valence-corrected chi connectivity index (χ0v) is 13.2. The number of nitrogens with zero attached hydrogens (tertiary/aromatic N) is 6. The van der Waals surface area contributed by atoms with Gasteiger partial charge in [-0.2, -0.15) is 0 Å². The number of hydrogen-bond acceptors (Lipinski definition) is 4. The fourth-order valence-corrected chi connectivity index (χ4v) is 2.81. The summed E-state index contributed by atoms with van der Waals surface area (Å²) in [6, 6.07) is 18.4. The Balaban J connectivity index is 1.74. The van der Waals surface area contributed by atoms with Gasteiger partial charge in [-0.25, -0.2) is 9.67 Å². The Kier molecular flexibility index (Phi) is 3.63. The Morgan fingerprint density at radius 3 is 2.58 bits per heavy atom. The molecular weight excluding hydrogens is 300 g/mol. The van der Waals surface area contributed by atoms with Crippen molar-refractivity contribution in [2.75, 3.05) is 0 Å². The van der Waals surface area contributed by atoms with E-state index in [1.807, 2.05) is 36.7 Å². The molecule has 1 atom stereocenters. The molecule has 2 heterocycles. The van der Waals surface area contributed by atoms with E-state index >= 15 is 0 Å². The molecule has 0 saturated heterocycles. The zero-order chi connectivity index (χ0) is 16.4. The van der Waals surface area contributed by atoms with Crippen LogP contribution in [0.15, 0.2) is 73.3 Å². The predicted octanol–water partition coefficient (Wildman–Crippen LogP) is 3.00. The summed E-state index contributed by atoms with van der Waals surface area (Å²) in [7, 11) is 0. The minimum absolute atomic E-state index is 0.192. The molecule has 2 aromatic carbocycles. The lowest BCUT2D eigenvalue weighted by Crippen LogP contribution is -2.07. The van der Waals surface area contributed by atoms with Crippen LogP contribution in [0.5, 0.6) is 0 Å². The van der Waals surface area contributed by atoms with Crippen LogP contribution in [-0.4, -0.2) is 29.8 Å². The topological polar surface area (TPSA) is 61.4 Å². The summed E-state index contributed by atoms with van der Waals surface area (Å²) in [6.07, 6.45) is 5.40. The van der Waals surface area contributed by atoms with E-state index in [9.17, 15) is 0 Å². The Labute approximate surface area is 139 Å². The van der Waals surface area contributed by atoms with Crippen LogP contribution in [0, 0.1) is 0 Å². The number of rotatable bonds is 4. The van der Waals surface area contributed by atoms with Gasteiger partial charge in [0.15, 0.2) is 0 Å². The first-order chi connectivity index (χ1) is 11.8. The summed E-state index contributed by atoms with van der Waals surface area (Å²) >= 11 is 0. The summed E-state index contributed by atoms with van der Waals surface area (Å²) in [5, 5.41) is 11.3. The highest BCUT2D eigenvalue weighted by atomic mass is 15.5. The highest BCUT2D eigenvalue weighted by molar-refractivity contribution is 5.44. The molecule has 0 bridgehead atoms. The van der Waals surface area contributed by atoms with Crippen LogP contribution in [-0.2, 0) is 0 Å². The van der Waals surface area contributed by atoms with Crippen molar-refractivity contribution in [1.29, 1.82) is 0 Å². The third-order valence-electron chi connectivity index (χ3n) is 4.08. The highest BCUT2D eigenvalue weighted by Gasteiger charge is 2.15. The van der Waals surface area contributed by atoms with Crippen LogP contribution in [0.25, 0.3) is 11.4 Å². The number of imidazole rings is 1. The lowest BCUT2D eigenvalue weighted by atomic mass is 10.0. The van der Waals surface area contributed by atoms with E-state index in [4.69, 9.17) is 0 Å². The minimum Gasteiger partial charge on any atom is -0.303 e. The third kappa shape index (κ3) is 2.58. The van der Waals surface area contributed by atoms with Gasteiger partial charge in [-0.15, -0.1) is 5.10 Å². The van der Waals surface area contributed by atoms with Crippen molar-refractivity contribution in [3.63, 3.8) is 0 Å². The molecule has 0 amide bonds. The van der Waals surface area contributed by atoms with Gasteiger partial charge in [-0.3, -0.25) is 0 Å². The molecule has 6 nitrogen and oxygen atoms in total. The minimum atomic E-state index is 0.192. The van der Waals surface area contributed by atoms with E-state index in [0.717, 1.165) is 17.2 Å². The second-order valence-corrected chi connectivity index (χ2v) is 5.56. The van der Waals surface area contributed by atoms with E-state index in [0.29, 0.717) is 0 Å². The largest absolute Gasteiger partial charge is 0.303 e. The van der Waals surface area contributed by atoms with Gasteiger partial charge in [0.2, 0.25) is 0 Å². The van der Waals surface area contributed by atoms with Gasteiger partial charge in [-0.1, -0.05) is 43.3 Å². The molecule has 6 heteroatoms. The maximum atomic E-state index is 4.58. The fraction of sp³-hybridized carbons (Fsp3) is 0.111. The van der Waals surface area contributed by atoms with Crippen molar-refractivity contribution in [3.8, 4) is 11.4 Å². The standard InChI is InChI=1S/C18H16N6/c1-14(15-6-3-2-4-7-15)18-19-10-11-23(18)16-8-5-9-17(12-16)24-13-20-21-22-24/h2-14H,1H3/t14-/m1/s1. The van der Waals surface area contributed by atoms with Crippen molar-refractivity contribution in [2.24, 2.45) is 0 Å². The van der Waals surface area contributed by atoms with Gasteiger partial charge >= 0.3 is 0 Å². The van der Waals surface area contributed by atoms with Gasteiger partial charge in [-0.05, 0) is 34.2 Å². The molecule has 0 saturated carbocycles. The fourth-order valence-electron chi connectivity index (χ4n) is 2.81. The zero-order valence-electron chi connectivity index (χ0n) is 13.2. The number of aromatic nitrogens is 6. The van der Waals surface area contributed by atoms with Crippen LogP contribution in [0.2, 0.25) is 0 Å². The molecule has 0 aliphatic carbocycles. The molecular formula is C18H16N6. The number of tetrazole rings is 1. The highest BCUT2D eigenvalue weighted by Crippen LogP contribution is 2.25. The molecule has 118 valence electrons. The Hall–Kier alpha value is -3.28. The summed E-state index contributed by atoms with van der Waals surface area (Å²) in [6.45, 7) is 2.17. The van der Waals surface area contributed by atoms with Gasteiger partial charge in [0.25, 0.3) is 0 Å². The maximum absolute atomic E-state index is 4.58. The molecule has 0 radical (unpaired) electrons. The van der Waals surface area contributed by atoms with Gasteiger partial charge in [0, 0.05) is 24.0 Å². The Morgan fingerprint density at radius 1 is 0.958 bits per heavy atom. The quantitative estimate of drug-likeness (QED) is 0.580. The van der Waals surface area contributed by atoms with E-state index in [2.05, 4.69) is 62.3 Å². The summed E-state index contributed by atoms with van der Waals surface area (Å²) in [4.78, 5) is 4.58. The van der Waals surface area contributed by atoms with Crippen molar-refractivity contribution in [1.82, 2.24) is 29.8 Å². The summed E-state index contributed by atoms with van der Waals surface area (Å²) < 4.78 is 3.74. The smallest absolute Gasteiger partial charge is 0.143 e. The normalized spacial score (nSPS) is 12.2. The first kappa shape index (κ1) is 14.3. The lowest BCUT2D eigenvalue weighted by molar-refractivity contribution is 0.778. The van der Waals surface area contributed by atoms with Crippen LogP contribution in [0.3, 0.4) is 0 Å². The molecule has 0 N–H and O–H groups in total. The summed E-state index contributed by atoms with van der Waals surface area (Å²) in [5.74, 6) is 1.19. The Morgan fingerprint density at radius 2 is 1.79 bits per heavy atom. The van der Waals surface area contributed by atoms with Crippen molar-refractivity contribution in [2.45, 2.75) is 12.8 Å². The van der Waals surface area contributed by atoms with E-state index in [-0.39, 0.29) is 5.92 Å². The first-order valence-electron chi connectivity index (χ1n) is 7.75. The Bertz CT molecular complexity index is 927. The molecule has 4 aromatic rings. The van der Waals surface area contributed by atoms with Gasteiger partial charge in [0.05, 0.1) is 5.69 Å². The maximum Gasteiger partial charge on any atom is 0.143 e. The number of benzene rings is 2. The monoisotopic (exact) mass is 316 g/mol. The van der Waals surface area contributed by atoms with E-state index < -0.39 is 0 Å². The SMILES string of the molecule is C[C@H](c1ccccc1)c1nccn1-c1cccc(-n2cnnn2)c1. The molecule has 0 aliphatic heterocycles. The van der Waals surface area contributed by atoms with Crippen LogP contribution >= 0.6 is 0 Å². The molecule has 0 spiro atoms. The van der Waals surface area contributed by atoms with E-state index in [1.165, 1.54) is 5.56 Å². The third-order valence-corrected chi connectivity index (χ3v) is 4.08. The van der Waals surface area contributed by atoms with Crippen molar-refractivity contribution in [3.05, 3.63) is 84.7 Å². The summed E-state index contributed by atoms with van der Waals surface area (Å²) in [5.41, 5.74) is 3.17. The van der Waals surface area contributed by atoms with Crippen LogP contribution in [0.4, 0.5) is 0 Å². The molecule has 24 heavy (non-hydrogen) atoms. The second-order valence-electron chi connectivity index (χ2n) is 5.56. The van der Waals surface area contributed by atoms with Crippen LogP contribution < -0.4 is 0 Å². The molecule has 2 aromatic heterocycles. The molecule has 0 fully saturated rings. The first-order valence-corrected chi connectivity index (χ1v) is 7.75. The molecule has 4 rings (SSSR count). The van der Waals surface area contributed by atoms with E-state index in [1.54, 1.807) is 11.0 Å². The van der Waals surface area contributed by atoms with Crippen molar-refractivity contribution >= 4 is 0 Å². The molecule has 0 aliphatic rings. The van der Waals surface area contributed by atoms with Gasteiger partial charge in [0.1, 0.15) is 12.2 Å². The van der Waals surface area contributed by atoms with Gasteiger partial charge < -0.3 is 4.57 Å². The van der Waals surface area contributed by atoms with Crippen LogP contribution in [0.1, 0.15) is 24.2 Å².